The molecule has 0 aliphatic carbocycles. The van der Waals surface area contributed by atoms with E-state index in [0.29, 0.717) is 12.3 Å². The van der Waals surface area contributed by atoms with Gasteiger partial charge in [0.1, 0.15) is 17.5 Å². The van der Waals surface area contributed by atoms with Gasteiger partial charge in [-0.2, -0.15) is 4.98 Å². The number of anilines is 2. The lowest BCUT2D eigenvalue weighted by Gasteiger charge is -2.33. The molecule has 1 saturated heterocycles. The number of amides is 1. The van der Waals surface area contributed by atoms with Crippen molar-refractivity contribution in [2.24, 2.45) is 5.92 Å². The molecule has 4 rings (SSSR count). The van der Waals surface area contributed by atoms with E-state index in [9.17, 15) is 4.79 Å². The van der Waals surface area contributed by atoms with Gasteiger partial charge < -0.3 is 14.7 Å². The van der Waals surface area contributed by atoms with Crippen molar-refractivity contribution in [1.82, 2.24) is 15.1 Å². The molecule has 3 aromatic rings. The van der Waals surface area contributed by atoms with Crippen LogP contribution in [0.15, 0.2) is 35.1 Å². The summed E-state index contributed by atoms with van der Waals surface area (Å²) in [6.07, 6.45) is 4.18. The van der Waals surface area contributed by atoms with Gasteiger partial charge in [-0.25, -0.2) is 4.98 Å². The molecule has 0 unspecified atom stereocenters. The number of aromatic nitrogens is 3. The van der Waals surface area contributed by atoms with Crippen LogP contribution in [0.3, 0.4) is 0 Å². The van der Waals surface area contributed by atoms with Crippen molar-refractivity contribution >= 4 is 28.5 Å². The molecule has 0 bridgehead atoms. The SMILES string of the molecule is CCc1ccccc1NC(=O)[C@@H]1CCCN(c2ncnc3onc(C)c23)C1. The molecule has 1 atom stereocenters. The summed E-state index contributed by atoms with van der Waals surface area (Å²) in [4.78, 5) is 23.6. The number of aryl methyl sites for hydroxylation is 2. The first-order valence-corrected chi connectivity index (χ1v) is 9.38. The van der Waals surface area contributed by atoms with E-state index in [1.165, 1.54) is 6.33 Å². The Hall–Kier alpha value is -2.96. The second-order valence-corrected chi connectivity index (χ2v) is 6.93. The molecule has 140 valence electrons. The highest BCUT2D eigenvalue weighted by atomic mass is 16.5. The number of fused-ring (bicyclic) bond motifs is 1. The fourth-order valence-electron chi connectivity index (χ4n) is 3.71. The third-order valence-electron chi connectivity index (χ3n) is 5.17. The summed E-state index contributed by atoms with van der Waals surface area (Å²) in [5.74, 6) is 0.770. The first kappa shape index (κ1) is 17.5. The van der Waals surface area contributed by atoms with Crippen LogP contribution >= 0.6 is 0 Å². The largest absolute Gasteiger partial charge is 0.355 e. The summed E-state index contributed by atoms with van der Waals surface area (Å²) in [5.41, 5.74) is 3.31. The van der Waals surface area contributed by atoms with Crippen LogP contribution in [0.1, 0.15) is 31.0 Å². The van der Waals surface area contributed by atoms with Gasteiger partial charge in [0.2, 0.25) is 5.91 Å². The summed E-state index contributed by atoms with van der Waals surface area (Å²) in [5, 5.41) is 7.94. The molecule has 1 N–H and O–H groups in total. The van der Waals surface area contributed by atoms with E-state index in [4.69, 9.17) is 4.52 Å². The number of nitrogens with zero attached hydrogens (tertiary/aromatic N) is 4. The van der Waals surface area contributed by atoms with Gasteiger partial charge in [0, 0.05) is 18.8 Å². The molecule has 0 saturated carbocycles. The first-order chi connectivity index (χ1) is 13.2. The van der Waals surface area contributed by atoms with E-state index < -0.39 is 0 Å². The topological polar surface area (TPSA) is 84.2 Å². The molecule has 1 aliphatic heterocycles. The standard InChI is InChI=1S/C20H23N5O2/c1-3-14-7-4-5-9-16(14)23-19(26)15-8-6-10-25(11-15)18-17-13(2)24-27-20(17)22-12-21-18/h4-5,7,9,12,15H,3,6,8,10-11H2,1-2H3,(H,23,26)/t15-/m1/s1. The summed E-state index contributed by atoms with van der Waals surface area (Å²) in [6, 6.07) is 7.97. The van der Waals surface area contributed by atoms with Gasteiger partial charge in [0.25, 0.3) is 5.71 Å². The lowest BCUT2D eigenvalue weighted by molar-refractivity contribution is -0.120. The smallest absolute Gasteiger partial charge is 0.263 e. The highest BCUT2D eigenvalue weighted by molar-refractivity contribution is 5.94. The molecule has 0 spiro atoms. The van der Waals surface area contributed by atoms with Gasteiger partial charge in [-0.05, 0) is 37.8 Å². The van der Waals surface area contributed by atoms with Crippen molar-refractivity contribution in [3.05, 3.63) is 41.9 Å². The molecule has 27 heavy (non-hydrogen) atoms. The van der Waals surface area contributed by atoms with Crippen LogP contribution in [0.2, 0.25) is 0 Å². The Balaban J connectivity index is 1.54. The van der Waals surface area contributed by atoms with E-state index >= 15 is 0 Å². The number of carbonyl (C=O) groups is 1. The molecule has 1 aliphatic rings. The molecule has 0 radical (unpaired) electrons. The Morgan fingerprint density at radius 2 is 2.19 bits per heavy atom. The van der Waals surface area contributed by atoms with Crippen molar-refractivity contribution in [2.45, 2.75) is 33.1 Å². The van der Waals surface area contributed by atoms with Crippen molar-refractivity contribution in [3.8, 4) is 0 Å². The molecule has 1 aromatic carbocycles. The van der Waals surface area contributed by atoms with E-state index in [2.05, 4.69) is 38.3 Å². The fraction of sp³-hybridized carbons (Fsp3) is 0.400. The monoisotopic (exact) mass is 365 g/mol. The number of piperidine rings is 1. The van der Waals surface area contributed by atoms with Crippen LogP contribution in [0.5, 0.6) is 0 Å². The third kappa shape index (κ3) is 3.37. The molecule has 1 fully saturated rings. The maximum atomic E-state index is 12.9. The molecule has 7 heteroatoms. The van der Waals surface area contributed by atoms with Gasteiger partial charge in [0.15, 0.2) is 0 Å². The molecular formula is C20H23N5O2. The maximum absolute atomic E-state index is 12.9. The van der Waals surface area contributed by atoms with Crippen LogP contribution in [-0.4, -0.2) is 34.1 Å². The van der Waals surface area contributed by atoms with Crippen molar-refractivity contribution in [1.29, 1.82) is 0 Å². The number of hydrogen-bond acceptors (Lipinski definition) is 6. The normalized spacial score (nSPS) is 17.3. The number of carbonyl (C=O) groups excluding carboxylic acids is 1. The fourth-order valence-corrected chi connectivity index (χ4v) is 3.71. The van der Waals surface area contributed by atoms with E-state index in [1.54, 1.807) is 0 Å². The lowest BCUT2D eigenvalue weighted by atomic mass is 9.96. The minimum atomic E-state index is -0.0890. The number of hydrogen-bond donors (Lipinski definition) is 1. The first-order valence-electron chi connectivity index (χ1n) is 9.38. The zero-order valence-electron chi connectivity index (χ0n) is 15.6. The number of rotatable bonds is 4. The Morgan fingerprint density at radius 1 is 1.33 bits per heavy atom. The van der Waals surface area contributed by atoms with Crippen molar-refractivity contribution in [2.75, 3.05) is 23.3 Å². The van der Waals surface area contributed by atoms with Gasteiger partial charge in [-0.3, -0.25) is 4.79 Å². The van der Waals surface area contributed by atoms with E-state index in [-0.39, 0.29) is 11.8 Å². The van der Waals surface area contributed by atoms with Crippen LogP contribution in [-0.2, 0) is 11.2 Å². The third-order valence-corrected chi connectivity index (χ3v) is 5.17. The van der Waals surface area contributed by atoms with Gasteiger partial charge >= 0.3 is 0 Å². The molecule has 1 amide bonds. The van der Waals surface area contributed by atoms with Crippen LogP contribution in [0, 0.1) is 12.8 Å². The summed E-state index contributed by atoms with van der Waals surface area (Å²) in [6.45, 7) is 5.45. The summed E-state index contributed by atoms with van der Waals surface area (Å²) >= 11 is 0. The van der Waals surface area contributed by atoms with Gasteiger partial charge in [0.05, 0.1) is 11.6 Å². The minimum absolute atomic E-state index is 0.0629. The Bertz CT molecular complexity index is 968. The Morgan fingerprint density at radius 3 is 3.04 bits per heavy atom. The molecule has 2 aromatic heterocycles. The van der Waals surface area contributed by atoms with Crippen molar-refractivity contribution in [3.63, 3.8) is 0 Å². The predicted molar refractivity (Wildman–Crippen MR) is 104 cm³/mol. The van der Waals surface area contributed by atoms with Gasteiger partial charge in [-0.1, -0.05) is 30.3 Å². The highest BCUT2D eigenvalue weighted by Crippen LogP contribution is 2.30. The molecule has 7 nitrogen and oxygen atoms in total. The van der Waals surface area contributed by atoms with Crippen LogP contribution < -0.4 is 10.2 Å². The Kier molecular flexibility index (Phi) is 4.75. The second-order valence-electron chi connectivity index (χ2n) is 6.93. The predicted octanol–water partition coefficient (Wildman–Crippen LogP) is 3.34. The van der Waals surface area contributed by atoms with Crippen LogP contribution in [0.4, 0.5) is 11.5 Å². The summed E-state index contributed by atoms with van der Waals surface area (Å²) < 4.78 is 5.25. The van der Waals surface area contributed by atoms with Crippen molar-refractivity contribution < 1.29 is 9.32 Å². The van der Waals surface area contributed by atoms with E-state index in [0.717, 1.165) is 54.0 Å². The van der Waals surface area contributed by atoms with Gasteiger partial charge in [-0.15, -0.1) is 0 Å². The average Bonchev–Trinajstić information content (AvgIpc) is 3.09. The number of para-hydroxylation sites is 1. The lowest BCUT2D eigenvalue weighted by Crippen LogP contribution is -2.41. The number of nitrogens with one attached hydrogen (secondary N) is 1. The second kappa shape index (κ2) is 7.34. The quantitative estimate of drug-likeness (QED) is 0.763. The highest BCUT2D eigenvalue weighted by Gasteiger charge is 2.28. The maximum Gasteiger partial charge on any atom is 0.263 e. The Labute approximate surface area is 157 Å². The number of benzene rings is 1. The average molecular weight is 365 g/mol. The van der Waals surface area contributed by atoms with E-state index in [1.807, 2.05) is 25.1 Å². The zero-order valence-corrected chi connectivity index (χ0v) is 15.6. The molecular weight excluding hydrogens is 342 g/mol. The van der Waals surface area contributed by atoms with Crippen LogP contribution in [0.25, 0.3) is 11.1 Å². The summed E-state index contributed by atoms with van der Waals surface area (Å²) in [7, 11) is 0. The zero-order chi connectivity index (χ0) is 18.8. The molecule has 3 heterocycles. The minimum Gasteiger partial charge on any atom is -0.355 e.